The van der Waals surface area contributed by atoms with Crippen molar-refractivity contribution in [1.29, 1.82) is 0 Å². The monoisotopic (exact) mass is 157 g/mol. The van der Waals surface area contributed by atoms with Gasteiger partial charge < -0.3 is 10.0 Å². The van der Waals surface area contributed by atoms with Gasteiger partial charge in [-0.3, -0.25) is 4.79 Å². The quantitative estimate of drug-likeness (QED) is 0.594. The van der Waals surface area contributed by atoms with Crippen LogP contribution >= 0.6 is 0 Å². The highest BCUT2D eigenvalue weighted by Crippen LogP contribution is 1.94. The number of rotatable bonds is 3. The van der Waals surface area contributed by atoms with Gasteiger partial charge in [-0.2, -0.15) is 0 Å². The molecule has 1 aliphatic heterocycles. The fraction of sp³-hybridized carbons (Fsp3) is 0.857. The maximum Gasteiger partial charge on any atom is 0.304 e. The van der Waals surface area contributed by atoms with E-state index in [1.54, 1.807) is 0 Å². The molecule has 0 aliphatic carbocycles. The highest BCUT2D eigenvalue weighted by molar-refractivity contribution is 5.66. The Bertz CT molecular complexity index is 132. The number of hydrogen-bond donors (Lipinski definition) is 1. The summed E-state index contributed by atoms with van der Waals surface area (Å²) in [6.45, 7) is 4.24. The summed E-state index contributed by atoms with van der Waals surface area (Å²) in [5.74, 6) is -0.715. The molecule has 1 rings (SSSR count). The lowest BCUT2D eigenvalue weighted by atomic mass is 10.3. The molecule has 1 radical (unpaired) electrons. The normalized spacial score (nSPS) is 20.0. The molecule has 1 saturated heterocycles. The van der Waals surface area contributed by atoms with Gasteiger partial charge in [0.15, 0.2) is 0 Å². The van der Waals surface area contributed by atoms with Crippen LogP contribution in [0, 0.1) is 0 Å². The van der Waals surface area contributed by atoms with Gasteiger partial charge >= 0.3 is 5.97 Å². The Morgan fingerprint density at radius 1 is 1.45 bits per heavy atom. The van der Waals surface area contributed by atoms with E-state index in [0.717, 1.165) is 26.2 Å². The predicted octanol–water partition coefficient (Wildman–Crippen LogP) is -0.619. The molecule has 0 unspecified atom stereocenters. The van der Waals surface area contributed by atoms with E-state index in [4.69, 9.17) is 5.11 Å². The van der Waals surface area contributed by atoms with E-state index in [9.17, 15) is 4.79 Å². The number of carbonyl (C=O) groups is 1. The Hall–Kier alpha value is -0.610. The van der Waals surface area contributed by atoms with Crippen molar-refractivity contribution in [3.63, 3.8) is 0 Å². The fourth-order valence-electron chi connectivity index (χ4n) is 1.13. The first-order chi connectivity index (χ1) is 5.29. The Morgan fingerprint density at radius 2 is 2.09 bits per heavy atom. The van der Waals surface area contributed by atoms with Crippen LogP contribution in [0.2, 0.25) is 0 Å². The maximum atomic E-state index is 10.2. The van der Waals surface area contributed by atoms with Crippen LogP contribution in [-0.4, -0.2) is 48.7 Å². The second-order valence-corrected chi connectivity index (χ2v) is 2.66. The first-order valence-corrected chi connectivity index (χ1v) is 3.86. The van der Waals surface area contributed by atoms with E-state index >= 15 is 0 Å². The standard InChI is InChI=1S/C7H13N2O2/c10-7(11)1-4-9-5-2-8-3-6-9/h1-6H2,(H,10,11). The van der Waals surface area contributed by atoms with E-state index in [0.29, 0.717) is 6.54 Å². The van der Waals surface area contributed by atoms with Gasteiger partial charge in [0.1, 0.15) is 0 Å². The van der Waals surface area contributed by atoms with Gasteiger partial charge in [0.05, 0.1) is 6.42 Å². The molecule has 1 aliphatic rings. The second kappa shape index (κ2) is 4.31. The lowest BCUT2D eigenvalue weighted by Gasteiger charge is -2.25. The number of nitrogens with zero attached hydrogens (tertiary/aromatic N) is 2. The van der Waals surface area contributed by atoms with Gasteiger partial charge in [-0.1, -0.05) is 0 Å². The minimum absolute atomic E-state index is 0.250. The molecule has 1 fully saturated rings. The average molecular weight is 157 g/mol. The molecule has 0 atom stereocenters. The van der Waals surface area contributed by atoms with Crippen molar-refractivity contribution in [3.05, 3.63) is 0 Å². The van der Waals surface area contributed by atoms with Crippen LogP contribution in [0.5, 0.6) is 0 Å². The molecular weight excluding hydrogens is 144 g/mol. The molecule has 0 saturated carbocycles. The lowest BCUT2D eigenvalue weighted by molar-refractivity contribution is -0.137. The molecule has 1 heterocycles. The van der Waals surface area contributed by atoms with Crippen molar-refractivity contribution in [2.45, 2.75) is 6.42 Å². The summed E-state index contributed by atoms with van der Waals surface area (Å²) in [5, 5.41) is 12.6. The third-order valence-electron chi connectivity index (χ3n) is 1.79. The molecule has 0 spiro atoms. The zero-order valence-corrected chi connectivity index (χ0v) is 6.49. The Kier molecular flexibility index (Phi) is 3.32. The van der Waals surface area contributed by atoms with Crippen LogP contribution in [0.25, 0.3) is 0 Å². The minimum Gasteiger partial charge on any atom is -0.481 e. The molecule has 0 bridgehead atoms. The van der Waals surface area contributed by atoms with Crippen LogP contribution < -0.4 is 5.32 Å². The Labute approximate surface area is 66.2 Å². The minimum atomic E-state index is -0.715. The van der Waals surface area contributed by atoms with E-state index < -0.39 is 5.97 Å². The van der Waals surface area contributed by atoms with Crippen molar-refractivity contribution in [2.24, 2.45) is 0 Å². The largest absolute Gasteiger partial charge is 0.481 e. The van der Waals surface area contributed by atoms with Crippen LogP contribution in [0.1, 0.15) is 6.42 Å². The summed E-state index contributed by atoms with van der Waals surface area (Å²) in [4.78, 5) is 12.3. The molecule has 1 N–H and O–H groups in total. The van der Waals surface area contributed by atoms with Crippen molar-refractivity contribution in [3.8, 4) is 0 Å². The third-order valence-corrected chi connectivity index (χ3v) is 1.79. The molecular formula is C7H13N2O2. The zero-order valence-electron chi connectivity index (χ0n) is 6.49. The smallest absolute Gasteiger partial charge is 0.304 e. The van der Waals surface area contributed by atoms with Crippen LogP contribution in [0.4, 0.5) is 0 Å². The van der Waals surface area contributed by atoms with Crippen LogP contribution in [0.15, 0.2) is 0 Å². The van der Waals surface area contributed by atoms with E-state index in [2.05, 4.69) is 10.2 Å². The molecule has 0 aromatic rings. The lowest BCUT2D eigenvalue weighted by Crippen LogP contribution is -2.41. The molecule has 63 valence electrons. The van der Waals surface area contributed by atoms with E-state index in [1.807, 2.05) is 0 Å². The number of carboxylic acids is 1. The summed E-state index contributed by atoms with van der Waals surface area (Å²) in [6, 6.07) is 0. The summed E-state index contributed by atoms with van der Waals surface area (Å²) in [7, 11) is 0. The van der Waals surface area contributed by atoms with Crippen molar-refractivity contribution in [1.82, 2.24) is 10.2 Å². The molecule has 11 heavy (non-hydrogen) atoms. The molecule has 0 aromatic heterocycles. The summed E-state index contributed by atoms with van der Waals surface area (Å²) in [5.41, 5.74) is 0. The van der Waals surface area contributed by atoms with Crippen molar-refractivity contribution in [2.75, 3.05) is 32.7 Å². The van der Waals surface area contributed by atoms with E-state index in [1.165, 1.54) is 0 Å². The predicted molar refractivity (Wildman–Crippen MR) is 40.6 cm³/mol. The number of hydrogen-bond acceptors (Lipinski definition) is 2. The van der Waals surface area contributed by atoms with Crippen LogP contribution in [0.3, 0.4) is 0 Å². The van der Waals surface area contributed by atoms with Gasteiger partial charge in [0.25, 0.3) is 0 Å². The summed E-state index contributed by atoms with van der Waals surface area (Å²) in [6.07, 6.45) is 0.250. The topological polar surface area (TPSA) is 54.6 Å². The molecule has 0 aromatic carbocycles. The molecule has 4 heteroatoms. The van der Waals surface area contributed by atoms with Gasteiger partial charge in [0, 0.05) is 32.7 Å². The van der Waals surface area contributed by atoms with Crippen molar-refractivity contribution >= 4 is 5.97 Å². The Morgan fingerprint density at radius 3 is 2.64 bits per heavy atom. The zero-order chi connectivity index (χ0) is 8.10. The van der Waals surface area contributed by atoms with Gasteiger partial charge in [-0.15, -0.1) is 0 Å². The molecule has 0 amide bonds. The maximum absolute atomic E-state index is 10.2. The summed E-state index contributed by atoms with van der Waals surface area (Å²) >= 11 is 0. The Balaban J connectivity index is 2.09. The summed E-state index contributed by atoms with van der Waals surface area (Å²) < 4.78 is 0. The SMILES string of the molecule is O=C(O)CCN1CC[N]CC1. The third kappa shape index (κ3) is 3.34. The average Bonchev–Trinajstić information content (AvgIpc) is 2.03. The number of carboxylic acid groups (broad SMARTS) is 1. The van der Waals surface area contributed by atoms with Crippen molar-refractivity contribution < 1.29 is 9.90 Å². The van der Waals surface area contributed by atoms with Gasteiger partial charge in [-0.25, -0.2) is 5.32 Å². The van der Waals surface area contributed by atoms with Gasteiger partial charge in [-0.05, 0) is 0 Å². The number of aliphatic carboxylic acids is 1. The van der Waals surface area contributed by atoms with Gasteiger partial charge in [0.2, 0.25) is 0 Å². The highest BCUT2D eigenvalue weighted by atomic mass is 16.4. The van der Waals surface area contributed by atoms with Crippen LogP contribution in [-0.2, 0) is 4.79 Å². The first kappa shape index (κ1) is 8.49. The molecule has 4 nitrogen and oxygen atoms in total. The first-order valence-electron chi connectivity index (χ1n) is 3.86. The fourth-order valence-corrected chi connectivity index (χ4v) is 1.13. The second-order valence-electron chi connectivity index (χ2n) is 2.66. The number of piperazine rings is 1. The highest BCUT2D eigenvalue weighted by Gasteiger charge is 2.10. The van der Waals surface area contributed by atoms with E-state index in [-0.39, 0.29) is 6.42 Å².